The molecule has 0 fully saturated rings. The number of aryl methyl sites for hydroxylation is 2. The fourth-order valence-corrected chi connectivity index (χ4v) is 2.44. The van der Waals surface area contributed by atoms with E-state index in [1.165, 1.54) is 5.56 Å². The largest absolute Gasteiger partial charge is 1.00 e. The van der Waals surface area contributed by atoms with Gasteiger partial charge in [-0.05, 0) is 42.2 Å². The van der Waals surface area contributed by atoms with Crippen LogP contribution in [0.5, 0.6) is 0 Å². The Morgan fingerprint density at radius 1 is 1.18 bits per heavy atom. The smallest absolute Gasteiger partial charge is 1.00 e. The SMILES string of the molecule is Cc1ccc(C(=S)c2cc(C(N)C(=O)O)ccc2C)cc1.[H-].[Na+]. The van der Waals surface area contributed by atoms with Crippen LogP contribution in [0.4, 0.5) is 0 Å². The molecule has 0 bridgehead atoms. The Kier molecular flexibility index (Phi) is 6.91. The van der Waals surface area contributed by atoms with E-state index in [-0.39, 0.29) is 31.0 Å². The van der Waals surface area contributed by atoms with Crippen molar-refractivity contribution < 1.29 is 40.9 Å². The second-order valence-corrected chi connectivity index (χ2v) is 5.49. The van der Waals surface area contributed by atoms with Crippen molar-refractivity contribution in [1.29, 1.82) is 0 Å². The molecule has 1 unspecified atom stereocenters. The number of thiocarbonyl (C=S) groups is 1. The van der Waals surface area contributed by atoms with Crippen LogP contribution in [-0.2, 0) is 4.79 Å². The van der Waals surface area contributed by atoms with Gasteiger partial charge in [0, 0.05) is 0 Å². The quantitative estimate of drug-likeness (QED) is 0.482. The minimum absolute atomic E-state index is 0. The molecule has 3 N–H and O–H groups in total. The number of hydrogen-bond donors (Lipinski definition) is 2. The van der Waals surface area contributed by atoms with E-state index in [4.69, 9.17) is 23.1 Å². The summed E-state index contributed by atoms with van der Waals surface area (Å²) in [5.41, 5.74) is 10.2. The van der Waals surface area contributed by atoms with Gasteiger partial charge in [0.1, 0.15) is 6.04 Å². The zero-order valence-electron chi connectivity index (χ0n) is 14.0. The summed E-state index contributed by atoms with van der Waals surface area (Å²) in [4.78, 5) is 11.7. The Morgan fingerprint density at radius 2 is 1.77 bits per heavy atom. The van der Waals surface area contributed by atoms with Crippen molar-refractivity contribution in [2.45, 2.75) is 19.9 Å². The maximum Gasteiger partial charge on any atom is 1.00 e. The fourth-order valence-electron chi connectivity index (χ4n) is 2.08. The Labute approximate surface area is 159 Å². The molecule has 0 heterocycles. The molecule has 0 aliphatic heterocycles. The van der Waals surface area contributed by atoms with E-state index in [0.717, 1.165) is 16.7 Å². The van der Waals surface area contributed by atoms with Crippen molar-refractivity contribution in [3.63, 3.8) is 0 Å². The van der Waals surface area contributed by atoms with Crippen LogP contribution in [0.2, 0.25) is 0 Å². The maximum atomic E-state index is 11.0. The van der Waals surface area contributed by atoms with Gasteiger partial charge >= 0.3 is 35.5 Å². The summed E-state index contributed by atoms with van der Waals surface area (Å²) < 4.78 is 0. The van der Waals surface area contributed by atoms with Crippen LogP contribution in [-0.4, -0.2) is 15.9 Å². The molecule has 0 aliphatic rings. The molecule has 0 aromatic heterocycles. The average molecular weight is 323 g/mol. The Balaban J connectivity index is 0.00000242. The number of aliphatic carboxylic acids is 1. The summed E-state index contributed by atoms with van der Waals surface area (Å²) in [6.07, 6.45) is 0. The minimum atomic E-state index is -1.05. The second kappa shape index (κ2) is 7.99. The van der Waals surface area contributed by atoms with Crippen LogP contribution >= 0.6 is 12.2 Å². The van der Waals surface area contributed by atoms with Gasteiger partial charge in [0.2, 0.25) is 0 Å². The van der Waals surface area contributed by atoms with Crippen molar-refractivity contribution in [3.05, 3.63) is 70.3 Å². The summed E-state index contributed by atoms with van der Waals surface area (Å²) in [6, 6.07) is 12.3. The summed E-state index contributed by atoms with van der Waals surface area (Å²) >= 11 is 5.54. The van der Waals surface area contributed by atoms with E-state index in [1.54, 1.807) is 12.1 Å². The van der Waals surface area contributed by atoms with Gasteiger partial charge in [-0.25, -0.2) is 0 Å². The van der Waals surface area contributed by atoms with Crippen molar-refractivity contribution in [3.8, 4) is 0 Å². The number of carboxylic acid groups (broad SMARTS) is 1. The number of rotatable bonds is 4. The molecule has 0 saturated heterocycles. The van der Waals surface area contributed by atoms with Crippen LogP contribution in [0, 0.1) is 13.8 Å². The Morgan fingerprint density at radius 3 is 2.32 bits per heavy atom. The van der Waals surface area contributed by atoms with Crippen molar-refractivity contribution >= 4 is 23.1 Å². The average Bonchev–Trinajstić information content (AvgIpc) is 2.47. The van der Waals surface area contributed by atoms with Crippen LogP contribution in [0.15, 0.2) is 42.5 Å². The van der Waals surface area contributed by atoms with Crippen molar-refractivity contribution in [1.82, 2.24) is 0 Å². The number of nitrogens with two attached hydrogens (primary N) is 1. The molecule has 1 atom stereocenters. The summed E-state index contributed by atoms with van der Waals surface area (Å²) in [7, 11) is 0. The first-order chi connectivity index (χ1) is 9.90. The molecule has 2 aromatic rings. The topological polar surface area (TPSA) is 63.3 Å². The fraction of sp³-hybridized carbons (Fsp3) is 0.176. The molecular weight excluding hydrogens is 305 g/mol. The predicted molar refractivity (Wildman–Crippen MR) is 88.8 cm³/mol. The molecule has 0 amide bonds. The molecule has 3 nitrogen and oxygen atoms in total. The van der Waals surface area contributed by atoms with Crippen LogP contribution < -0.4 is 35.3 Å². The number of hydrogen-bond acceptors (Lipinski definition) is 3. The first-order valence-corrected chi connectivity index (χ1v) is 7.01. The van der Waals surface area contributed by atoms with Gasteiger partial charge in [-0.2, -0.15) is 0 Å². The zero-order valence-corrected chi connectivity index (χ0v) is 15.8. The van der Waals surface area contributed by atoms with Crippen molar-refractivity contribution in [2.75, 3.05) is 0 Å². The first kappa shape index (κ1) is 19.0. The third-order valence-electron chi connectivity index (χ3n) is 3.45. The van der Waals surface area contributed by atoms with E-state index < -0.39 is 12.0 Å². The number of carboxylic acids is 1. The number of benzene rings is 2. The molecule has 5 heteroatoms. The third kappa shape index (κ3) is 4.24. The molecule has 2 aromatic carbocycles. The van der Waals surface area contributed by atoms with Gasteiger partial charge in [-0.3, -0.25) is 4.79 Å². The normalized spacial score (nSPS) is 11.4. The van der Waals surface area contributed by atoms with E-state index >= 15 is 0 Å². The molecule has 0 saturated carbocycles. The van der Waals surface area contributed by atoms with E-state index in [1.807, 2.05) is 44.2 Å². The van der Waals surface area contributed by atoms with Crippen molar-refractivity contribution in [2.24, 2.45) is 5.73 Å². The molecule has 0 aliphatic carbocycles. The monoisotopic (exact) mass is 323 g/mol. The van der Waals surface area contributed by atoms with E-state index in [2.05, 4.69) is 0 Å². The third-order valence-corrected chi connectivity index (χ3v) is 3.90. The molecule has 0 spiro atoms. The van der Waals surface area contributed by atoms with Gasteiger partial charge in [0.15, 0.2) is 0 Å². The predicted octanol–water partition coefficient (Wildman–Crippen LogP) is 0.271. The molecular formula is C17H18NNaO2S. The summed E-state index contributed by atoms with van der Waals surface area (Å²) in [5, 5.41) is 9.02. The Bertz CT molecular complexity index is 704. The van der Waals surface area contributed by atoms with Gasteiger partial charge in [0.05, 0.1) is 4.86 Å². The molecule has 110 valence electrons. The molecule has 22 heavy (non-hydrogen) atoms. The maximum absolute atomic E-state index is 11.0. The van der Waals surface area contributed by atoms with Crippen LogP contribution in [0.3, 0.4) is 0 Å². The van der Waals surface area contributed by atoms with E-state index in [0.29, 0.717) is 10.4 Å². The van der Waals surface area contributed by atoms with Crippen LogP contribution in [0.1, 0.15) is 35.3 Å². The van der Waals surface area contributed by atoms with Gasteiger partial charge < -0.3 is 12.3 Å². The number of carbonyl (C=O) groups is 1. The summed E-state index contributed by atoms with van der Waals surface area (Å²) in [5.74, 6) is -1.05. The molecule has 2 rings (SSSR count). The summed E-state index contributed by atoms with van der Waals surface area (Å²) in [6.45, 7) is 3.97. The molecule has 0 radical (unpaired) electrons. The van der Waals surface area contributed by atoms with E-state index in [9.17, 15) is 4.79 Å². The standard InChI is InChI=1S/C17H17NO2S.Na.H/c1-10-3-6-12(7-4-10)16(21)14-9-13(8-5-11(14)2)15(18)17(19)20;;/h3-9,15H,18H2,1-2H3,(H,19,20);;/q;+1;-1. The van der Waals surface area contributed by atoms with Gasteiger partial charge in [0.25, 0.3) is 0 Å². The van der Waals surface area contributed by atoms with Gasteiger partial charge in [-0.15, -0.1) is 0 Å². The Hall–Kier alpha value is -1.04. The first-order valence-electron chi connectivity index (χ1n) is 6.60. The minimum Gasteiger partial charge on any atom is -1.00 e. The van der Waals surface area contributed by atoms with Crippen LogP contribution in [0.25, 0.3) is 0 Å². The van der Waals surface area contributed by atoms with Gasteiger partial charge in [-0.1, -0.05) is 54.2 Å². The zero-order chi connectivity index (χ0) is 15.6. The second-order valence-electron chi connectivity index (χ2n) is 5.09.